The van der Waals surface area contributed by atoms with Gasteiger partial charge in [-0.25, -0.2) is 14.3 Å². The lowest BCUT2D eigenvalue weighted by Crippen LogP contribution is -2.39. The highest BCUT2D eigenvalue weighted by Crippen LogP contribution is 2.36. The molecular weight excluding hydrogens is 334 g/mol. The van der Waals surface area contributed by atoms with Crippen molar-refractivity contribution in [2.24, 2.45) is 0 Å². The van der Waals surface area contributed by atoms with Gasteiger partial charge in [-0.1, -0.05) is 0 Å². The molecule has 0 bridgehead atoms. The number of hydrogen-bond acceptors (Lipinski definition) is 4. The van der Waals surface area contributed by atoms with Crippen LogP contribution in [0.25, 0.3) is 11.4 Å². The Balaban J connectivity index is 1.50. The maximum Gasteiger partial charge on any atom is 0.346 e. The Morgan fingerprint density at radius 1 is 1.23 bits per heavy atom. The molecule has 2 saturated carbocycles. The van der Waals surface area contributed by atoms with Gasteiger partial charge in [0.25, 0.3) is 0 Å². The van der Waals surface area contributed by atoms with Gasteiger partial charge in [-0.15, -0.1) is 5.10 Å². The summed E-state index contributed by atoms with van der Waals surface area (Å²) in [6.45, 7) is 0.710. The molecular formula is C18H23N5O3. The van der Waals surface area contributed by atoms with Crippen molar-refractivity contribution < 1.29 is 9.53 Å². The van der Waals surface area contributed by atoms with Crippen LogP contribution in [-0.2, 0) is 6.54 Å². The van der Waals surface area contributed by atoms with Crippen molar-refractivity contribution in [3.8, 4) is 17.1 Å². The number of ether oxygens (including phenoxy) is 1. The SMILES string of the molecule is COc1ccc(-c2nn(CCNC(=O)NC3CC3)c(=O)n2C2CC2)cc1. The second-order valence-corrected chi connectivity index (χ2v) is 6.83. The molecule has 1 aromatic heterocycles. The van der Waals surface area contributed by atoms with Gasteiger partial charge in [-0.05, 0) is 49.9 Å². The largest absolute Gasteiger partial charge is 0.497 e. The lowest BCUT2D eigenvalue weighted by atomic mass is 10.2. The Kier molecular flexibility index (Phi) is 4.40. The van der Waals surface area contributed by atoms with Gasteiger partial charge in [0, 0.05) is 24.2 Å². The topological polar surface area (TPSA) is 90.2 Å². The number of carbonyl (C=O) groups is 1. The van der Waals surface area contributed by atoms with E-state index in [2.05, 4.69) is 15.7 Å². The summed E-state index contributed by atoms with van der Waals surface area (Å²) in [4.78, 5) is 24.4. The van der Waals surface area contributed by atoms with Gasteiger partial charge in [0.05, 0.1) is 13.7 Å². The number of urea groups is 1. The van der Waals surface area contributed by atoms with Crippen molar-refractivity contribution in [1.29, 1.82) is 0 Å². The summed E-state index contributed by atoms with van der Waals surface area (Å²) in [5, 5.41) is 10.2. The average Bonchev–Trinajstić information content (AvgIpc) is 3.57. The number of methoxy groups -OCH3 is 1. The Hall–Kier alpha value is -2.77. The second kappa shape index (κ2) is 6.86. The van der Waals surface area contributed by atoms with Crippen LogP contribution in [0.15, 0.2) is 29.1 Å². The lowest BCUT2D eigenvalue weighted by molar-refractivity contribution is 0.240. The van der Waals surface area contributed by atoms with Crippen molar-refractivity contribution in [2.45, 2.75) is 44.3 Å². The first-order valence-electron chi connectivity index (χ1n) is 9.04. The quantitative estimate of drug-likeness (QED) is 0.786. The van der Waals surface area contributed by atoms with E-state index in [1.807, 2.05) is 24.3 Å². The van der Waals surface area contributed by atoms with Crippen molar-refractivity contribution in [1.82, 2.24) is 25.0 Å². The van der Waals surface area contributed by atoms with E-state index in [4.69, 9.17) is 4.74 Å². The molecule has 2 fully saturated rings. The van der Waals surface area contributed by atoms with Gasteiger partial charge in [-0.2, -0.15) is 0 Å². The van der Waals surface area contributed by atoms with Gasteiger partial charge in [-0.3, -0.25) is 4.57 Å². The standard InChI is InChI=1S/C18H23N5O3/c1-26-15-8-2-12(3-9-15)16-21-22(18(25)23(16)14-6-7-14)11-10-19-17(24)20-13-4-5-13/h2-3,8-9,13-14H,4-7,10-11H2,1H3,(H2,19,20,24). The molecule has 1 aromatic carbocycles. The molecule has 2 N–H and O–H groups in total. The van der Waals surface area contributed by atoms with Crippen LogP contribution in [0.3, 0.4) is 0 Å². The van der Waals surface area contributed by atoms with E-state index in [-0.39, 0.29) is 17.8 Å². The minimum absolute atomic E-state index is 0.122. The third-order valence-electron chi connectivity index (χ3n) is 4.65. The van der Waals surface area contributed by atoms with Crippen LogP contribution in [0.5, 0.6) is 5.75 Å². The first-order valence-corrected chi connectivity index (χ1v) is 9.04. The monoisotopic (exact) mass is 357 g/mol. The van der Waals surface area contributed by atoms with Crippen molar-refractivity contribution >= 4 is 6.03 Å². The molecule has 26 heavy (non-hydrogen) atoms. The minimum Gasteiger partial charge on any atom is -0.497 e. The number of benzene rings is 1. The van der Waals surface area contributed by atoms with Crippen LogP contribution in [0, 0.1) is 0 Å². The predicted octanol–water partition coefficient (Wildman–Crippen LogP) is 1.52. The highest BCUT2D eigenvalue weighted by Gasteiger charge is 2.30. The fourth-order valence-electron chi connectivity index (χ4n) is 2.90. The third-order valence-corrected chi connectivity index (χ3v) is 4.65. The molecule has 138 valence electrons. The third kappa shape index (κ3) is 3.58. The summed E-state index contributed by atoms with van der Waals surface area (Å²) >= 11 is 0. The number of carbonyl (C=O) groups excluding carboxylic acids is 1. The molecule has 0 unspecified atom stereocenters. The van der Waals surface area contributed by atoms with E-state index in [0.717, 1.165) is 37.0 Å². The fourth-order valence-corrected chi connectivity index (χ4v) is 2.90. The molecule has 2 amide bonds. The number of aromatic nitrogens is 3. The van der Waals surface area contributed by atoms with E-state index in [9.17, 15) is 9.59 Å². The minimum atomic E-state index is -0.183. The maximum atomic E-state index is 12.7. The maximum absolute atomic E-state index is 12.7. The molecule has 0 spiro atoms. The molecule has 0 saturated heterocycles. The molecule has 4 rings (SSSR count). The average molecular weight is 357 g/mol. The Bertz CT molecular complexity index is 847. The first kappa shape index (κ1) is 16.7. The van der Waals surface area contributed by atoms with E-state index < -0.39 is 0 Å². The summed E-state index contributed by atoms with van der Waals surface area (Å²) in [5.74, 6) is 1.43. The highest BCUT2D eigenvalue weighted by molar-refractivity contribution is 5.74. The lowest BCUT2D eigenvalue weighted by Gasteiger charge is -2.05. The Morgan fingerprint density at radius 2 is 1.96 bits per heavy atom. The van der Waals surface area contributed by atoms with E-state index >= 15 is 0 Å². The predicted molar refractivity (Wildman–Crippen MR) is 96.3 cm³/mol. The second-order valence-electron chi connectivity index (χ2n) is 6.83. The van der Waals surface area contributed by atoms with E-state index in [0.29, 0.717) is 25.0 Å². The van der Waals surface area contributed by atoms with Gasteiger partial charge >= 0.3 is 11.7 Å². The van der Waals surface area contributed by atoms with Crippen LogP contribution in [0.2, 0.25) is 0 Å². The summed E-state index contributed by atoms with van der Waals surface area (Å²) in [6.07, 6.45) is 4.08. The molecule has 0 radical (unpaired) electrons. The molecule has 8 heteroatoms. The van der Waals surface area contributed by atoms with Gasteiger partial charge in [0.15, 0.2) is 5.82 Å². The number of nitrogens with one attached hydrogen (secondary N) is 2. The normalized spacial score (nSPS) is 16.3. The fraction of sp³-hybridized carbons (Fsp3) is 0.500. The molecule has 2 aliphatic carbocycles. The molecule has 0 atom stereocenters. The van der Waals surface area contributed by atoms with Crippen molar-refractivity contribution in [3.63, 3.8) is 0 Å². The smallest absolute Gasteiger partial charge is 0.346 e. The number of nitrogens with zero attached hydrogens (tertiary/aromatic N) is 3. The molecule has 8 nitrogen and oxygen atoms in total. The highest BCUT2D eigenvalue weighted by atomic mass is 16.5. The molecule has 1 heterocycles. The van der Waals surface area contributed by atoms with Gasteiger partial charge in [0.2, 0.25) is 0 Å². The Morgan fingerprint density at radius 3 is 2.58 bits per heavy atom. The van der Waals surface area contributed by atoms with Crippen LogP contribution < -0.4 is 21.1 Å². The van der Waals surface area contributed by atoms with Crippen molar-refractivity contribution in [3.05, 3.63) is 34.7 Å². The molecule has 2 aromatic rings. The van der Waals surface area contributed by atoms with E-state index in [1.165, 1.54) is 4.68 Å². The first-order chi connectivity index (χ1) is 12.7. The van der Waals surface area contributed by atoms with Gasteiger partial charge in [0.1, 0.15) is 5.75 Å². The number of rotatable bonds is 7. The molecule has 2 aliphatic rings. The zero-order valence-electron chi connectivity index (χ0n) is 14.8. The summed E-state index contributed by atoms with van der Waals surface area (Å²) in [6, 6.07) is 7.89. The summed E-state index contributed by atoms with van der Waals surface area (Å²) in [5.41, 5.74) is 0.760. The zero-order chi connectivity index (χ0) is 18.1. The summed E-state index contributed by atoms with van der Waals surface area (Å²) < 4.78 is 8.40. The van der Waals surface area contributed by atoms with Crippen LogP contribution in [-0.4, -0.2) is 40.1 Å². The Labute approximate surface area is 151 Å². The zero-order valence-corrected chi connectivity index (χ0v) is 14.8. The van der Waals surface area contributed by atoms with Crippen LogP contribution >= 0.6 is 0 Å². The number of hydrogen-bond donors (Lipinski definition) is 2. The number of amides is 2. The van der Waals surface area contributed by atoms with Gasteiger partial charge < -0.3 is 15.4 Å². The van der Waals surface area contributed by atoms with Crippen LogP contribution in [0.4, 0.5) is 4.79 Å². The molecule has 0 aliphatic heterocycles. The van der Waals surface area contributed by atoms with Crippen LogP contribution in [0.1, 0.15) is 31.7 Å². The van der Waals surface area contributed by atoms with E-state index in [1.54, 1.807) is 11.7 Å². The summed E-state index contributed by atoms with van der Waals surface area (Å²) in [7, 11) is 1.62. The van der Waals surface area contributed by atoms with Crippen molar-refractivity contribution in [2.75, 3.05) is 13.7 Å².